The Bertz CT molecular complexity index is 933. The van der Waals surface area contributed by atoms with Crippen LogP contribution in [0.4, 0.5) is 11.5 Å². The number of nitrogens with one attached hydrogen (secondary N) is 1. The summed E-state index contributed by atoms with van der Waals surface area (Å²) >= 11 is -2.54. The summed E-state index contributed by atoms with van der Waals surface area (Å²) in [5.41, 5.74) is 10.2. The second-order valence-corrected chi connectivity index (χ2v) is 6.11. The van der Waals surface area contributed by atoms with Crippen LogP contribution in [0.25, 0.3) is 22.3 Å². The first-order valence-electron chi connectivity index (χ1n) is 7.89. The van der Waals surface area contributed by atoms with Crippen molar-refractivity contribution >= 4 is 22.9 Å². The van der Waals surface area contributed by atoms with Crippen molar-refractivity contribution in [1.29, 1.82) is 0 Å². The second kappa shape index (κ2) is 8.58. The van der Waals surface area contributed by atoms with Crippen molar-refractivity contribution in [2.45, 2.75) is 0 Å². The molecule has 1 unspecified atom stereocenters. The van der Waals surface area contributed by atoms with Crippen molar-refractivity contribution in [3.63, 3.8) is 0 Å². The number of pyridine rings is 2. The third kappa shape index (κ3) is 4.79. The molecule has 0 bridgehead atoms. The maximum atomic E-state index is 10.4. The van der Waals surface area contributed by atoms with E-state index in [1.807, 2.05) is 36.4 Å². The van der Waals surface area contributed by atoms with Gasteiger partial charge in [0, 0.05) is 40.8 Å². The molecule has 0 fully saturated rings. The van der Waals surface area contributed by atoms with Crippen molar-refractivity contribution in [2.24, 2.45) is 0 Å². The highest BCUT2D eigenvalue weighted by atomic mass is 32.2. The molecule has 1 atom stereocenters. The van der Waals surface area contributed by atoms with Crippen LogP contribution < -0.4 is 15.8 Å². The first kappa shape index (κ1) is 18.8. The minimum atomic E-state index is -2.54. The topological polar surface area (TPSA) is 122 Å². The minimum Gasteiger partial charge on any atom is -0.750 e. The Morgan fingerprint density at radius 1 is 1.07 bits per heavy atom. The fraction of sp³-hybridized carbons (Fsp3) is 0.111. The molecule has 0 amide bonds. The number of hydrogen-bond acceptors (Lipinski definition) is 8. The van der Waals surface area contributed by atoms with Crippen LogP contribution in [0.15, 0.2) is 54.9 Å². The van der Waals surface area contributed by atoms with Gasteiger partial charge in [-0.05, 0) is 29.8 Å². The molecule has 2 aromatic heterocycles. The van der Waals surface area contributed by atoms with Crippen molar-refractivity contribution in [2.75, 3.05) is 24.9 Å². The summed E-state index contributed by atoms with van der Waals surface area (Å²) in [5, 5.41) is 2.84. The molecule has 1 aromatic carbocycles. The van der Waals surface area contributed by atoms with Crippen LogP contribution >= 0.6 is 0 Å². The number of hydrogen-bond donors (Lipinski definition) is 2. The van der Waals surface area contributed by atoms with Gasteiger partial charge < -0.3 is 20.3 Å². The first-order chi connectivity index (χ1) is 13.1. The number of methoxy groups -OCH3 is 1. The average Bonchev–Trinajstić information content (AvgIpc) is 2.69. The molecule has 140 valence electrons. The first-order valence-corrected chi connectivity index (χ1v) is 8.89. The SMILES string of the molecule is COc1ccc(-c2cc(-c3ccc(NCOS(=O)[O-])cc3)cnc2N)cn1. The van der Waals surface area contributed by atoms with E-state index in [0.717, 1.165) is 27.9 Å². The normalized spacial score (nSPS) is 11.8. The van der Waals surface area contributed by atoms with E-state index < -0.39 is 11.4 Å². The van der Waals surface area contributed by atoms with Gasteiger partial charge in [0.1, 0.15) is 12.5 Å². The molecular formula is C18H17N4O4S-. The van der Waals surface area contributed by atoms with Crippen LogP contribution in [0.5, 0.6) is 5.88 Å². The molecule has 8 nitrogen and oxygen atoms in total. The van der Waals surface area contributed by atoms with Crippen molar-refractivity contribution in [1.82, 2.24) is 9.97 Å². The lowest BCUT2D eigenvalue weighted by molar-refractivity contribution is 0.323. The number of aromatic nitrogens is 2. The number of benzene rings is 1. The lowest BCUT2D eigenvalue weighted by atomic mass is 10.0. The summed E-state index contributed by atoms with van der Waals surface area (Å²) in [4.78, 5) is 8.48. The van der Waals surface area contributed by atoms with Gasteiger partial charge >= 0.3 is 0 Å². The van der Waals surface area contributed by atoms with Crippen LogP contribution in [0.3, 0.4) is 0 Å². The summed E-state index contributed by atoms with van der Waals surface area (Å²) in [6.07, 6.45) is 3.38. The van der Waals surface area contributed by atoms with Crippen molar-refractivity contribution in [3.05, 3.63) is 54.9 Å². The van der Waals surface area contributed by atoms with Gasteiger partial charge in [0.05, 0.1) is 18.5 Å². The van der Waals surface area contributed by atoms with E-state index in [1.54, 1.807) is 25.6 Å². The van der Waals surface area contributed by atoms with Gasteiger partial charge in [-0.3, -0.25) is 4.18 Å². The summed E-state index contributed by atoms with van der Waals surface area (Å²) in [5.74, 6) is 0.932. The Kier molecular flexibility index (Phi) is 5.97. The molecule has 0 aliphatic heterocycles. The van der Waals surface area contributed by atoms with Gasteiger partial charge in [-0.25, -0.2) is 14.2 Å². The van der Waals surface area contributed by atoms with E-state index in [9.17, 15) is 8.76 Å². The largest absolute Gasteiger partial charge is 0.750 e. The van der Waals surface area contributed by atoms with Gasteiger partial charge in [0.2, 0.25) is 5.88 Å². The highest BCUT2D eigenvalue weighted by Gasteiger charge is 2.08. The standard InChI is InChI=1S/C18H18N4O4S/c1-25-17-7-4-13(9-20-17)16-8-14(10-21-18(16)19)12-2-5-15(6-3-12)22-11-26-27(23)24/h2-10,22H,11H2,1H3,(H2,19,21)(H,23,24)/p-1. The van der Waals surface area contributed by atoms with E-state index in [1.165, 1.54) is 0 Å². The quantitative estimate of drug-likeness (QED) is 0.470. The molecule has 0 aliphatic carbocycles. The lowest BCUT2D eigenvalue weighted by Crippen LogP contribution is -2.07. The highest BCUT2D eigenvalue weighted by molar-refractivity contribution is 7.74. The number of anilines is 2. The highest BCUT2D eigenvalue weighted by Crippen LogP contribution is 2.30. The zero-order valence-corrected chi connectivity index (χ0v) is 15.2. The van der Waals surface area contributed by atoms with Gasteiger partial charge in [-0.15, -0.1) is 0 Å². The predicted molar refractivity (Wildman–Crippen MR) is 102 cm³/mol. The molecule has 3 aromatic rings. The lowest BCUT2D eigenvalue weighted by Gasteiger charge is -2.11. The van der Waals surface area contributed by atoms with E-state index in [-0.39, 0.29) is 6.73 Å². The fourth-order valence-corrected chi connectivity index (χ4v) is 2.62. The summed E-state index contributed by atoms with van der Waals surface area (Å²) < 4.78 is 30.2. The number of rotatable bonds is 7. The molecule has 0 saturated heterocycles. The van der Waals surface area contributed by atoms with Crippen LogP contribution in [0.1, 0.15) is 0 Å². The number of nitrogens with two attached hydrogens (primary N) is 1. The zero-order valence-electron chi connectivity index (χ0n) is 14.4. The van der Waals surface area contributed by atoms with E-state index in [0.29, 0.717) is 11.7 Å². The Labute approximate surface area is 158 Å². The molecule has 3 N–H and O–H groups in total. The van der Waals surface area contributed by atoms with Crippen LogP contribution in [-0.4, -0.2) is 32.6 Å². The predicted octanol–water partition coefficient (Wildman–Crippen LogP) is 2.58. The van der Waals surface area contributed by atoms with Crippen LogP contribution in [-0.2, 0) is 15.5 Å². The summed E-state index contributed by atoms with van der Waals surface area (Å²) in [6, 6.07) is 13.0. The Balaban J connectivity index is 1.81. The van der Waals surface area contributed by atoms with Gasteiger partial charge in [0.25, 0.3) is 0 Å². The molecular weight excluding hydrogens is 368 g/mol. The van der Waals surface area contributed by atoms with E-state index in [4.69, 9.17) is 10.5 Å². The van der Waals surface area contributed by atoms with Gasteiger partial charge in [0.15, 0.2) is 0 Å². The summed E-state index contributed by atoms with van der Waals surface area (Å²) in [6.45, 7) is -0.131. The minimum absolute atomic E-state index is 0.131. The van der Waals surface area contributed by atoms with Crippen molar-refractivity contribution in [3.8, 4) is 28.1 Å². The molecule has 9 heteroatoms. The Morgan fingerprint density at radius 2 is 1.78 bits per heavy atom. The number of ether oxygens (including phenoxy) is 1. The maximum absolute atomic E-state index is 10.4. The monoisotopic (exact) mass is 385 g/mol. The second-order valence-electron chi connectivity index (χ2n) is 5.47. The van der Waals surface area contributed by atoms with Crippen molar-refractivity contribution < 1.29 is 17.7 Å². The zero-order chi connectivity index (χ0) is 19.2. The van der Waals surface area contributed by atoms with Crippen LogP contribution in [0, 0.1) is 0 Å². The number of nitrogens with zero attached hydrogens (tertiary/aromatic N) is 2. The third-order valence-corrected chi connectivity index (χ3v) is 4.13. The Morgan fingerprint density at radius 3 is 2.41 bits per heavy atom. The molecule has 0 radical (unpaired) electrons. The smallest absolute Gasteiger partial charge is 0.212 e. The maximum Gasteiger partial charge on any atom is 0.212 e. The fourth-order valence-electron chi connectivity index (χ4n) is 2.47. The van der Waals surface area contributed by atoms with E-state index >= 15 is 0 Å². The third-order valence-electron chi connectivity index (χ3n) is 3.82. The molecule has 27 heavy (non-hydrogen) atoms. The van der Waals surface area contributed by atoms with Gasteiger partial charge in [-0.2, -0.15) is 0 Å². The molecule has 0 aliphatic rings. The molecule has 0 spiro atoms. The van der Waals surface area contributed by atoms with Gasteiger partial charge in [-0.1, -0.05) is 12.1 Å². The van der Waals surface area contributed by atoms with Crippen LogP contribution in [0.2, 0.25) is 0 Å². The summed E-state index contributed by atoms with van der Waals surface area (Å²) in [7, 11) is 1.56. The molecule has 0 saturated carbocycles. The average molecular weight is 385 g/mol. The number of nitrogen functional groups attached to an aromatic ring is 1. The van der Waals surface area contributed by atoms with E-state index in [2.05, 4.69) is 19.5 Å². The Hall–Kier alpha value is -3.01. The molecule has 2 heterocycles. The molecule has 3 rings (SSSR count).